The van der Waals surface area contributed by atoms with Crippen molar-refractivity contribution in [2.24, 2.45) is 5.92 Å². The van der Waals surface area contributed by atoms with Gasteiger partial charge in [-0.1, -0.05) is 6.07 Å². The number of nitrogens with zero attached hydrogens (tertiary/aromatic N) is 4. The second-order valence-corrected chi connectivity index (χ2v) is 8.02. The van der Waals surface area contributed by atoms with Crippen molar-refractivity contribution in [3.05, 3.63) is 23.9 Å². The number of pyridine rings is 1. The zero-order chi connectivity index (χ0) is 18.6. The quantitative estimate of drug-likeness (QED) is 0.775. The van der Waals surface area contributed by atoms with Gasteiger partial charge in [0.1, 0.15) is 0 Å². The summed E-state index contributed by atoms with van der Waals surface area (Å²) >= 11 is 0. The number of methoxy groups -OCH3 is 1. The predicted octanol–water partition coefficient (Wildman–Crippen LogP) is 0.718. The maximum atomic E-state index is 12.3. The van der Waals surface area contributed by atoms with E-state index in [-0.39, 0.29) is 24.0 Å². The van der Waals surface area contributed by atoms with Gasteiger partial charge in [0.25, 0.3) is 0 Å². The molecule has 4 fully saturated rings. The largest absolute Gasteiger partial charge is 0.481 e. The molecule has 8 nitrogen and oxygen atoms in total. The Morgan fingerprint density at radius 1 is 1.33 bits per heavy atom. The molecule has 5 rings (SSSR count). The van der Waals surface area contributed by atoms with E-state index in [4.69, 9.17) is 9.47 Å². The summed E-state index contributed by atoms with van der Waals surface area (Å²) in [5, 5.41) is 0. The fraction of sp³-hybridized carbons (Fsp3) is 0.632. The molecule has 27 heavy (non-hydrogen) atoms. The van der Waals surface area contributed by atoms with Crippen LogP contribution >= 0.6 is 0 Å². The van der Waals surface area contributed by atoms with Crippen LogP contribution < -0.4 is 4.74 Å². The number of hydrogen-bond donors (Lipinski definition) is 0. The first-order valence-corrected chi connectivity index (χ1v) is 9.59. The molecule has 1 atom stereocenters. The second-order valence-electron chi connectivity index (χ2n) is 8.02. The maximum absolute atomic E-state index is 12.3. The molecule has 8 heteroatoms. The SMILES string of the molecule is COc1cccc(CN2CCN3C(=O)OC4(CN(C(=O)C5CC5)C4)C3C2)n1. The monoisotopic (exact) mass is 372 g/mol. The van der Waals surface area contributed by atoms with Crippen LogP contribution in [-0.4, -0.2) is 83.2 Å². The van der Waals surface area contributed by atoms with E-state index >= 15 is 0 Å². The van der Waals surface area contributed by atoms with Crippen molar-refractivity contribution in [1.29, 1.82) is 0 Å². The van der Waals surface area contributed by atoms with E-state index in [2.05, 4.69) is 9.88 Å². The fourth-order valence-electron chi connectivity index (χ4n) is 4.46. The molecule has 0 aromatic carbocycles. The van der Waals surface area contributed by atoms with Crippen LogP contribution in [0, 0.1) is 5.92 Å². The Hall–Kier alpha value is -2.35. The standard InChI is InChI=1S/C19H24N4O4/c1-26-16-4-2-3-14(20-16)9-21-7-8-23-15(10-21)19(27-18(23)25)11-22(12-19)17(24)13-5-6-13/h2-4,13,15H,5-12H2,1H3. The van der Waals surface area contributed by atoms with Crippen molar-refractivity contribution in [3.8, 4) is 5.88 Å². The van der Waals surface area contributed by atoms with Crippen LogP contribution in [0.5, 0.6) is 5.88 Å². The lowest BCUT2D eigenvalue weighted by molar-refractivity contribution is -0.157. The van der Waals surface area contributed by atoms with Crippen LogP contribution in [0.3, 0.4) is 0 Å². The topological polar surface area (TPSA) is 75.2 Å². The predicted molar refractivity (Wildman–Crippen MR) is 95.1 cm³/mol. The van der Waals surface area contributed by atoms with Gasteiger partial charge in [0, 0.05) is 38.2 Å². The average Bonchev–Trinajstić information content (AvgIpc) is 3.45. The van der Waals surface area contributed by atoms with Crippen LogP contribution in [0.1, 0.15) is 18.5 Å². The summed E-state index contributed by atoms with van der Waals surface area (Å²) in [7, 11) is 1.61. The van der Waals surface area contributed by atoms with Crippen LogP contribution in [0.4, 0.5) is 4.79 Å². The van der Waals surface area contributed by atoms with Gasteiger partial charge >= 0.3 is 6.09 Å². The minimum absolute atomic E-state index is 0.00684. The molecule has 1 aliphatic carbocycles. The molecule has 1 saturated carbocycles. The number of carbonyl (C=O) groups is 2. The number of ether oxygens (including phenoxy) is 2. The van der Waals surface area contributed by atoms with E-state index in [1.165, 1.54) is 0 Å². The Morgan fingerprint density at radius 2 is 2.15 bits per heavy atom. The number of rotatable bonds is 4. The molecule has 4 heterocycles. The molecule has 1 unspecified atom stereocenters. The van der Waals surface area contributed by atoms with Crippen LogP contribution in [0.2, 0.25) is 0 Å². The highest BCUT2D eigenvalue weighted by Gasteiger charge is 2.63. The molecule has 1 spiro atoms. The van der Waals surface area contributed by atoms with E-state index < -0.39 is 5.60 Å². The molecule has 0 bridgehead atoms. The zero-order valence-electron chi connectivity index (χ0n) is 15.5. The van der Waals surface area contributed by atoms with Gasteiger partial charge in [-0.3, -0.25) is 14.6 Å². The highest BCUT2D eigenvalue weighted by molar-refractivity contribution is 5.83. The number of piperazine rings is 1. The Bertz CT molecular complexity index is 775. The molecule has 3 aliphatic heterocycles. The van der Waals surface area contributed by atoms with Crippen molar-refractivity contribution < 1.29 is 19.1 Å². The molecular formula is C19H24N4O4. The van der Waals surface area contributed by atoms with Gasteiger partial charge in [0.05, 0.1) is 31.9 Å². The van der Waals surface area contributed by atoms with Crippen LogP contribution in [0.15, 0.2) is 18.2 Å². The molecular weight excluding hydrogens is 348 g/mol. The molecule has 0 N–H and O–H groups in total. The lowest BCUT2D eigenvalue weighted by Crippen LogP contribution is -2.72. The molecule has 4 aliphatic rings. The number of amides is 2. The maximum Gasteiger partial charge on any atom is 0.411 e. The van der Waals surface area contributed by atoms with E-state index in [9.17, 15) is 9.59 Å². The second kappa shape index (κ2) is 6.09. The Kier molecular flexibility index (Phi) is 3.79. The molecule has 1 aromatic heterocycles. The molecule has 144 valence electrons. The number of likely N-dealkylation sites (tertiary alicyclic amines) is 1. The highest BCUT2D eigenvalue weighted by atomic mass is 16.6. The van der Waals surface area contributed by atoms with Crippen LogP contribution in [0.25, 0.3) is 0 Å². The third-order valence-corrected chi connectivity index (χ3v) is 6.13. The molecule has 2 amide bonds. The van der Waals surface area contributed by atoms with Crippen LogP contribution in [-0.2, 0) is 16.1 Å². The number of hydrogen-bond acceptors (Lipinski definition) is 6. The minimum Gasteiger partial charge on any atom is -0.481 e. The van der Waals surface area contributed by atoms with Gasteiger partial charge in [-0.15, -0.1) is 0 Å². The van der Waals surface area contributed by atoms with Gasteiger partial charge in [-0.05, 0) is 18.9 Å². The summed E-state index contributed by atoms with van der Waals surface area (Å²) in [6.07, 6.45) is 1.76. The van der Waals surface area contributed by atoms with Gasteiger partial charge < -0.3 is 14.4 Å². The number of carbonyl (C=O) groups excluding carboxylic acids is 2. The Balaban J connectivity index is 1.27. The first kappa shape index (κ1) is 16.8. The van der Waals surface area contributed by atoms with Crippen molar-refractivity contribution >= 4 is 12.0 Å². The molecule has 3 saturated heterocycles. The van der Waals surface area contributed by atoms with E-state index in [0.717, 1.165) is 31.6 Å². The molecule has 0 radical (unpaired) electrons. The van der Waals surface area contributed by atoms with Gasteiger partial charge in [-0.25, -0.2) is 9.78 Å². The van der Waals surface area contributed by atoms with E-state index in [1.54, 1.807) is 7.11 Å². The first-order valence-electron chi connectivity index (χ1n) is 9.59. The smallest absolute Gasteiger partial charge is 0.411 e. The number of fused-ring (bicyclic) bond motifs is 2. The highest BCUT2D eigenvalue weighted by Crippen LogP contribution is 2.42. The third kappa shape index (κ3) is 2.82. The third-order valence-electron chi connectivity index (χ3n) is 6.13. The number of aromatic nitrogens is 1. The Labute approximate surface area is 158 Å². The fourth-order valence-corrected chi connectivity index (χ4v) is 4.46. The van der Waals surface area contributed by atoms with Crippen molar-refractivity contribution in [1.82, 2.24) is 19.7 Å². The lowest BCUT2D eigenvalue weighted by atomic mass is 9.84. The van der Waals surface area contributed by atoms with E-state index in [1.807, 2.05) is 28.0 Å². The summed E-state index contributed by atoms with van der Waals surface area (Å²) in [6.45, 7) is 3.92. The van der Waals surface area contributed by atoms with Crippen molar-refractivity contribution in [3.63, 3.8) is 0 Å². The lowest BCUT2D eigenvalue weighted by Gasteiger charge is -2.51. The minimum atomic E-state index is -0.540. The Morgan fingerprint density at radius 3 is 2.89 bits per heavy atom. The summed E-state index contributed by atoms with van der Waals surface area (Å²) in [6, 6.07) is 5.75. The summed E-state index contributed by atoms with van der Waals surface area (Å²) in [5.41, 5.74) is 0.406. The van der Waals surface area contributed by atoms with E-state index in [0.29, 0.717) is 32.1 Å². The average molecular weight is 372 g/mol. The molecule has 1 aromatic rings. The summed E-state index contributed by atoms with van der Waals surface area (Å²) in [4.78, 5) is 35.1. The first-order chi connectivity index (χ1) is 13.1. The van der Waals surface area contributed by atoms with Crippen molar-refractivity contribution in [2.45, 2.75) is 31.0 Å². The summed E-state index contributed by atoms with van der Waals surface area (Å²) < 4.78 is 11.0. The zero-order valence-corrected chi connectivity index (χ0v) is 15.5. The van der Waals surface area contributed by atoms with Gasteiger partial charge in [0.2, 0.25) is 11.8 Å². The normalized spacial score (nSPS) is 26.6. The van der Waals surface area contributed by atoms with Gasteiger partial charge in [0.15, 0.2) is 5.60 Å². The summed E-state index contributed by atoms with van der Waals surface area (Å²) in [5.74, 6) is 1.04. The van der Waals surface area contributed by atoms with Gasteiger partial charge in [-0.2, -0.15) is 0 Å². The van der Waals surface area contributed by atoms with Crippen molar-refractivity contribution in [2.75, 3.05) is 39.8 Å².